The molecule has 0 unspecified atom stereocenters. The van der Waals surface area contributed by atoms with Gasteiger partial charge in [-0.1, -0.05) is 38.6 Å². The Morgan fingerprint density at radius 2 is 1.83 bits per heavy atom. The van der Waals surface area contributed by atoms with Gasteiger partial charge in [0.25, 0.3) is 0 Å². The highest BCUT2D eigenvalue weighted by Gasteiger charge is 2.80. The van der Waals surface area contributed by atoms with Crippen LogP contribution in [0.25, 0.3) is 0 Å². The number of aliphatic hydroxyl groups is 2. The summed E-state index contributed by atoms with van der Waals surface area (Å²) in [5.41, 5.74) is -5.14. The van der Waals surface area contributed by atoms with E-state index >= 15 is 8.78 Å². The smallest absolute Gasteiger partial charge is 0.193 e. The van der Waals surface area contributed by atoms with Crippen molar-refractivity contribution >= 4 is 17.3 Å². The number of aliphatic hydroxyl groups excluding tert-OH is 2. The first-order chi connectivity index (χ1) is 22.3. The molecule has 0 amide bonds. The van der Waals surface area contributed by atoms with E-state index in [4.69, 9.17) is 14.2 Å². The third-order valence-electron chi connectivity index (χ3n) is 11.6. The number of fused-ring (bicyclic) bond motifs is 7. The van der Waals surface area contributed by atoms with Crippen molar-refractivity contribution in [1.82, 2.24) is 0 Å². The number of hydrogen-bond donors (Lipinski definition) is 3. The lowest BCUT2D eigenvalue weighted by molar-refractivity contribution is -0.235. The zero-order valence-corrected chi connectivity index (χ0v) is 26.9. The molecule has 8 nitrogen and oxygen atoms in total. The van der Waals surface area contributed by atoms with Gasteiger partial charge in [0.2, 0.25) is 0 Å². The lowest BCUT2D eigenvalue weighted by Gasteiger charge is -2.63. The molecule has 0 radical (unpaired) electrons. The molecule has 1 heterocycles. The van der Waals surface area contributed by atoms with Gasteiger partial charge in [-0.15, -0.1) is 0 Å². The lowest BCUT2D eigenvalue weighted by atomic mass is 9.44. The molecule has 1 aliphatic heterocycles. The summed E-state index contributed by atoms with van der Waals surface area (Å²) in [6, 6.07) is 15.0. The van der Waals surface area contributed by atoms with Gasteiger partial charge in [0.1, 0.15) is 24.3 Å². The van der Waals surface area contributed by atoms with Crippen molar-refractivity contribution in [2.45, 2.75) is 96.4 Å². The Hall–Kier alpha value is -3.44. The molecule has 2 aromatic carbocycles. The highest BCUT2D eigenvalue weighted by molar-refractivity contribution is 6.01. The number of anilines is 1. The molecular formula is C38H45F2NO7. The van der Waals surface area contributed by atoms with E-state index in [1.165, 1.54) is 19.1 Å². The van der Waals surface area contributed by atoms with E-state index in [0.717, 1.165) is 11.8 Å². The second-order valence-electron chi connectivity index (χ2n) is 14.5. The molecule has 7 rings (SSSR count). The largest absolute Gasteiger partial charge is 0.457 e. The molecule has 0 spiro atoms. The van der Waals surface area contributed by atoms with Crippen LogP contribution in [0.1, 0.15) is 66.2 Å². The zero-order valence-electron chi connectivity index (χ0n) is 26.9. The molecule has 3 saturated carbocycles. The van der Waals surface area contributed by atoms with Gasteiger partial charge in [-0.2, -0.15) is 0 Å². The van der Waals surface area contributed by atoms with E-state index in [2.05, 4.69) is 19.2 Å². The fourth-order valence-corrected chi connectivity index (χ4v) is 9.53. The predicted molar refractivity (Wildman–Crippen MR) is 176 cm³/mol. The quantitative estimate of drug-likeness (QED) is 0.304. The molecule has 0 aromatic heterocycles. The molecule has 48 heavy (non-hydrogen) atoms. The minimum absolute atomic E-state index is 0. The standard InChI is InChI=1S/C37H41F2NO7.CH4/c1-20(2)40-22-6-5-7-25(14-22)45-24-10-8-21(9-11-24)33-46-32-17-26-27-16-29(38)28-15-23(42)12-13-34(28,3)36(27,39)30(43)18-35(26,4)37(32,47-33)31(44)19-41;/h5-15,20,26-27,29-30,32-33,40-41,43H,16-19H2,1-4H3;1H4/t26-,27-,29-,30-,32+,33+,34-,35-,36-,37+;/m0./s1. The Morgan fingerprint density at radius 1 is 1.10 bits per heavy atom. The Labute approximate surface area is 280 Å². The fourth-order valence-electron chi connectivity index (χ4n) is 9.53. The highest BCUT2D eigenvalue weighted by atomic mass is 19.1. The molecule has 2 aromatic rings. The summed E-state index contributed by atoms with van der Waals surface area (Å²) in [5.74, 6) is -1.42. The van der Waals surface area contributed by atoms with Gasteiger partial charge in [-0.3, -0.25) is 9.59 Å². The number of carbonyl (C=O) groups is 2. The summed E-state index contributed by atoms with van der Waals surface area (Å²) in [6.07, 6.45) is -1.55. The van der Waals surface area contributed by atoms with Crippen LogP contribution in [0, 0.1) is 22.7 Å². The van der Waals surface area contributed by atoms with E-state index in [9.17, 15) is 19.8 Å². The van der Waals surface area contributed by atoms with Crippen LogP contribution in [-0.4, -0.2) is 64.1 Å². The second-order valence-corrected chi connectivity index (χ2v) is 14.5. The average Bonchev–Trinajstić information content (AvgIpc) is 3.53. The number of ketones is 2. The monoisotopic (exact) mass is 665 g/mol. The van der Waals surface area contributed by atoms with E-state index in [1.807, 2.05) is 24.3 Å². The van der Waals surface area contributed by atoms with Crippen molar-refractivity contribution in [2.75, 3.05) is 11.9 Å². The number of allylic oxidation sites excluding steroid dienone is 4. The van der Waals surface area contributed by atoms with Crippen LogP contribution in [0.4, 0.5) is 14.5 Å². The van der Waals surface area contributed by atoms with Crippen LogP contribution in [0.2, 0.25) is 0 Å². The van der Waals surface area contributed by atoms with Crippen molar-refractivity contribution in [3.05, 3.63) is 77.9 Å². The predicted octanol–water partition coefficient (Wildman–Crippen LogP) is 6.58. The molecule has 4 fully saturated rings. The normalized spacial score (nSPS) is 39.4. The maximum Gasteiger partial charge on any atom is 0.193 e. The van der Waals surface area contributed by atoms with E-state index in [1.54, 1.807) is 31.2 Å². The third-order valence-corrected chi connectivity index (χ3v) is 11.6. The lowest BCUT2D eigenvalue weighted by Crippen LogP contribution is -2.70. The Balaban J connectivity index is 0.00000401. The minimum Gasteiger partial charge on any atom is -0.457 e. The molecule has 1 saturated heterocycles. The first-order valence-electron chi connectivity index (χ1n) is 16.3. The summed E-state index contributed by atoms with van der Waals surface area (Å²) >= 11 is 0. The average molecular weight is 666 g/mol. The molecular weight excluding hydrogens is 620 g/mol. The fraction of sp³-hybridized carbons (Fsp3) is 0.526. The number of nitrogens with one attached hydrogen (secondary N) is 1. The maximum atomic E-state index is 17.6. The van der Waals surface area contributed by atoms with E-state index in [-0.39, 0.29) is 38.3 Å². The Kier molecular flexibility index (Phi) is 8.51. The highest BCUT2D eigenvalue weighted by Crippen LogP contribution is 2.72. The van der Waals surface area contributed by atoms with Gasteiger partial charge in [0, 0.05) is 40.1 Å². The number of Topliss-reactive ketones (excluding diaryl/α,β-unsaturated/α-hetero) is 1. The number of rotatable bonds is 7. The van der Waals surface area contributed by atoms with Crippen LogP contribution in [0.15, 0.2) is 72.3 Å². The molecule has 4 aliphatic carbocycles. The van der Waals surface area contributed by atoms with Gasteiger partial charge in [-0.25, -0.2) is 8.78 Å². The second kappa shape index (κ2) is 11.9. The molecule has 10 heteroatoms. The van der Waals surface area contributed by atoms with Crippen molar-refractivity contribution < 1.29 is 42.8 Å². The summed E-state index contributed by atoms with van der Waals surface area (Å²) in [5, 5.41) is 25.2. The van der Waals surface area contributed by atoms with Crippen LogP contribution in [0.5, 0.6) is 11.5 Å². The SMILES string of the molecule is C.CC(C)Nc1cccc(Oc2ccc([C@@H]3O[C@@H]4C[C@H]5[C@@H]6C[C@H](F)C7=CC(=O)C=C[C@]7(C)[C@@]6(F)[C@@H](O)C[C@]5(C)[C@]4(C(=O)CO)O3)cc2)c1. The maximum absolute atomic E-state index is 17.6. The van der Waals surface area contributed by atoms with Crippen LogP contribution < -0.4 is 10.1 Å². The number of halogens is 2. The molecule has 258 valence electrons. The van der Waals surface area contributed by atoms with Crippen LogP contribution >= 0.6 is 0 Å². The third kappa shape index (κ3) is 4.74. The molecule has 5 aliphatic rings. The number of alkyl halides is 2. The number of carbonyl (C=O) groups excluding carboxylic acids is 2. The summed E-state index contributed by atoms with van der Waals surface area (Å²) in [4.78, 5) is 25.9. The van der Waals surface area contributed by atoms with E-state index in [0.29, 0.717) is 17.1 Å². The summed E-state index contributed by atoms with van der Waals surface area (Å²) in [7, 11) is 0. The first-order valence-corrected chi connectivity index (χ1v) is 16.3. The minimum atomic E-state index is -2.30. The topological polar surface area (TPSA) is 114 Å². The Bertz CT molecular complexity index is 1660. The number of ether oxygens (including phenoxy) is 3. The number of benzene rings is 2. The summed E-state index contributed by atoms with van der Waals surface area (Å²) < 4.78 is 52.4. The van der Waals surface area contributed by atoms with Crippen molar-refractivity contribution in [1.29, 1.82) is 0 Å². The van der Waals surface area contributed by atoms with Crippen LogP contribution in [-0.2, 0) is 19.1 Å². The van der Waals surface area contributed by atoms with Gasteiger partial charge in [0.05, 0.1) is 12.2 Å². The van der Waals surface area contributed by atoms with Gasteiger partial charge in [-0.05, 0) is 87.9 Å². The van der Waals surface area contributed by atoms with Crippen molar-refractivity contribution in [3.8, 4) is 11.5 Å². The number of hydrogen-bond acceptors (Lipinski definition) is 8. The molecule has 0 bridgehead atoms. The van der Waals surface area contributed by atoms with Crippen molar-refractivity contribution in [2.24, 2.45) is 22.7 Å². The van der Waals surface area contributed by atoms with Gasteiger partial charge in [0.15, 0.2) is 29.1 Å². The Morgan fingerprint density at radius 3 is 2.52 bits per heavy atom. The van der Waals surface area contributed by atoms with Crippen LogP contribution in [0.3, 0.4) is 0 Å². The summed E-state index contributed by atoms with van der Waals surface area (Å²) in [6.45, 7) is 6.57. The van der Waals surface area contributed by atoms with E-state index < -0.39 is 76.8 Å². The first kappa shape index (κ1) is 34.4. The van der Waals surface area contributed by atoms with Gasteiger partial charge < -0.3 is 29.7 Å². The van der Waals surface area contributed by atoms with Crippen molar-refractivity contribution in [3.63, 3.8) is 0 Å². The zero-order chi connectivity index (χ0) is 33.5. The van der Waals surface area contributed by atoms with Gasteiger partial charge >= 0.3 is 0 Å². The molecule has 3 N–H and O–H groups in total. The molecule has 10 atom stereocenters.